The molecule has 4 heteroatoms. The van der Waals surface area contributed by atoms with E-state index in [1.54, 1.807) is 12.1 Å². The molecule has 2 rings (SSSR count). The molecule has 0 radical (unpaired) electrons. The molecule has 0 aliphatic rings. The Morgan fingerprint density at radius 1 is 1.11 bits per heavy atom. The van der Waals surface area contributed by atoms with Crippen molar-refractivity contribution in [2.24, 2.45) is 0 Å². The summed E-state index contributed by atoms with van der Waals surface area (Å²) in [5, 5.41) is 0. The molecule has 0 atom stereocenters. The fourth-order valence-electron chi connectivity index (χ4n) is 1.81. The number of nitrogens with zero attached hydrogens (tertiary/aromatic N) is 2. The molecule has 0 saturated heterocycles. The second-order valence-electron chi connectivity index (χ2n) is 4.70. The van der Waals surface area contributed by atoms with Crippen molar-refractivity contribution in [3.63, 3.8) is 0 Å². The molecular weight excluding hydrogens is 226 g/mol. The molecule has 0 spiro atoms. The van der Waals surface area contributed by atoms with Crippen LogP contribution in [-0.2, 0) is 5.41 Å². The molecule has 0 unspecified atom stereocenters. The Morgan fingerprint density at radius 2 is 1.67 bits per heavy atom. The van der Waals surface area contributed by atoms with Crippen molar-refractivity contribution in [3.05, 3.63) is 54.1 Å². The second kappa shape index (κ2) is 4.56. The first-order valence-electron chi connectivity index (χ1n) is 5.67. The zero-order chi connectivity index (χ0) is 13.2. The Hall–Kier alpha value is -2.23. The lowest BCUT2D eigenvalue weighted by Crippen LogP contribution is -2.29. The summed E-state index contributed by atoms with van der Waals surface area (Å²) in [5.74, 6) is -0.00660. The largest absolute Gasteiger partial charge is 0.399 e. The molecular formula is C14H15N3O. The number of hydrogen-bond donors (Lipinski definition) is 1. The standard InChI is InChI=1S/C14H15N3O/c1-14(2,11-3-5-12(15)6-4-11)13(18)10-7-16-9-17-8-10/h3-9H,15H2,1-2H3. The minimum Gasteiger partial charge on any atom is -0.399 e. The summed E-state index contributed by atoms with van der Waals surface area (Å²) in [6.07, 6.45) is 4.48. The SMILES string of the molecule is CC(C)(C(=O)c1cncnc1)c1ccc(N)cc1. The van der Waals surface area contributed by atoms with Crippen LogP contribution in [0.2, 0.25) is 0 Å². The third kappa shape index (κ3) is 2.22. The van der Waals surface area contributed by atoms with Gasteiger partial charge in [-0.15, -0.1) is 0 Å². The van der Waals surface area contributed by atoms with Crippen LogP contribution < -0.4 is 5.73 Å². The number of carbonyl (C=O) groups excluding carboxylic acids is 1. The van der Waals surface area contributed by atoms with Crippen LogP contribution in [0.4, 0.5) is 5.69 Å². The molecule has 2 N–H and O–H groups in total. The van der Waals surface area contributed by atoms with Crippen molar-refractivity contribution in [1.82, 2.24) is 9.97 Å². The Kier molecular flexibility index (Phi) is 3.10. The van der Waals surface area contributed by atoms with Crippen molar-refractivity contribution in [2.75, 3.05) is 5.73 Å². The van der Waals surface area contributed by atoms with Crippen LogP contribution in [0.15, 0.2) is 43.0 Å². The molecule has 0 saturated carbocycles. The van der Waals surface area contributed by atoms with Crippen LogP contribution in [0.25, 0.3) is 0 Å². The number of ketones is 1. The molecule has 0 aliphatic heterocycles. The van der Waals surface area contributed by atoms with E-state index < -0.39 is 5.41 Å². The number of nitrogens with two attached hydrogens (primary N) is 1. The van der Waals surface area contributed by atoms with Gasteiger partial charge in [0.15, 0.2) is 5.78 Å². The molecule has 1 aromatic heterocycles. The van der Waals surface area contributed by atoms with E-state index in [1.807, 2.05) is 26.0 Å². The number of rotatable bonds is 3. The van der Waals surface area contributed by atoms with Gasteiger partial charge >= 0.3 is 0 Å². The van der Waals surface area contributed by atoms with Crippen molar-refractivity contribution in [1.29, 1.82) is 0 Å². The quantitative estimate of drug-likeness (QED) is 0.660. The van der Waals surface area contributed by atoms with Gasteiger partial charge in [0.05, 0.1) is 11.0 Å². The Bertz CT molecular complexity index is 547. The van der Waals surface area contributed by atoms with E-state index in [2.05, 4.69) is 9.97 Å². The second-order valence-corrected chi connectivity index (χ2v) is 4.70. The van der Waals surface area contributed by atoms with Crippen LogP contribution in [-0.4, -0.2) is 15.8 Å². The molecule has 2 aromatic rings. The number of carbonyl (C=O) groups is 1. The third-order valence-electron chi connectivity index (χ3n) is 3.02. The van der Waals surface area contributed by atoms with Gasteiger partial charge in [-0.2, -0.15) is 0 Å². The minimum absolute atomic E-state index is 0.00660. The van der Waals surface area contributed by atoms with E-state index in [0.717, 1.165) is 5.56 Å². The lowest BCUT2D eigenvalue weighted by atomic mass is 9.78. The van der Waals surface area contributed by atoms with Crippen molar-refractivity contribution in [2.45, 2.75) is 19.3 Å². The number of anilines is 1. The Balaban J connectivity index is 2.37. The predicted molar refractivity (Wildman–Crippen MR) is 70.2 cm³/mol. The zero-order valence-corrected chi connectivity index (χ0v) is 10.4. The number of benzene rings is 1. The van der Waals surface area contributed by atoms with Gasteiger partial charge < -0.3 is 5.73 Å². The van der Waals surface area contributed by atoms with Crippen LogP contribution >= 0.6 is 0 Å². The first-order valence-corrected chi connectivity index (χ1v) is 5.67. The summed E-state index contributed by atoms with van der Waals surface area (Å²) >= 11 is 0. The Labute approximate surface area is 106 Å². The molecule has 18 heavy (non-hydrogen) atoms. The van der Waals surface area contributed by atoms with Gasteiger partial charge in [-0.05, 0) is 31.5 Å². The van der Waals surface area contributed by atoms with Crippen molar-refractivity contribution in [3.8, 4) is 0 Å². The molecule has 0 amide bonds. The fourth-order valence-corrected chi connectivity index (χ4v) is 1.81. The number of aromatic nitrogens is 2. The molecule has 92 valence electrons. The first-order chi connectivity index (χ1) is 8.51. The van der Waals surface area contributed by atoms with E-state index >= 15 is 0 Å². The average Bonchev–Trinajstić information content (AvgIpc) is 2.39. The number of Topliss-reactive ketones (excluding diaryl/α,β-unsaturated/α-hetero) is 1. The summed E-state index contributed by atoms with van der Waals surface area (Å²) in [5.41, 5.74) is 7.15. The molecule has 0 bridgehead atoms. The topological polar surface area (TPSA) is 68.9 Å². The van der Waals surface area contributed by atoms with Crippen LogP contribution in [0, 0.1) is 0 Å². The lowest BCUT2D eigenvalue weighted by molar-refractivity contribution is 0.0908. The molecule has 1 heterocycles. The third-order valence-corrected chi connectivity index (χ3v) is 3.02. The maximum absolute atomic E-state index is 12.4. The molecule has 4 nitrogen and oxygen atoms in total. The number of hydrogen-bond acceptors (Lipinski definition) is 4. The normalized spacial score (nSPS) is 11.2. The summed E-state index contributed by atoms with van der Waals surface area (Å²) in [7, 11) is 0. The highest BCUT2D eigenvalue weighted by Crippen LogP contribution is 2.27. The first kappa shape index (κ1) is 12.2. The minimum atomic E-state index is -0.627. The molecule has 0 aliphatic carbocycles. The summed E-state index contributed by atoms with van der Waals surface area (Å²) in [6, 6.07) is 7.34. The van der Waals surface area contributed by atoms with Crippen LogP contribution in [0.5, 0.6) is 0 Å². The van der Waals surface area contributed by atoms with E-state index in [-0.39, 0.29) is 5.78 Å². The van der Waals surface area contributed by atoms with Crippen molar-refractivity contribution < 1.29 is 4.79 Å². The van der Waals surface area contributed by atoms with Crippen molar-refractivity contribution >= 4 is 11.5 Å². The van der Waals surface area contributed by atoms with Gasteiger partial charge in [-0.25, -0.2) is 9.97 Å². The molecule has 0 fully saturated rings. The van der Waals surface area contributed by atoms with E-state index in [4.69, 9.17) is 5.73 Å². The highest BCUT2D eigenvalue weighted by Gasteiger charge is 2.30. The number of nitrogen functional groups attached to an aromatic ring is 1. The van der Waals surface area contributed by atoms with Gasteiger partial charge in [0.1, 0.15) is 6.33 Å². The highest BCUT2D eigenvalue weighted by atomic mass is 16.1. The maximum Gasteiger partial charge on any atom is 0.175 e. The fraction of sp³-hybridized carbons (Fsp3) is 0.214. The van der Waals surface area contributed by atoms with E-state index in [9.17, 15) is 4.79 Å². The van der Waals surface area contributed by atoms with Gasteiger partial charge in [-0.3, -0.25) is 4.79 Å². The lowest BCUT2D eigenvalue weighted by Gasteiger charge is -2.23. The smallest absolute Gasteiger partial charge is 0.175 e. The molecule has 1 aromatic carbocycles. The van der Waals surface area contributed by atoms with Gasteiger partial charge in [0.25, 0.3) is 0 Å². The summed E-state index contributed by atoms with van der Waals surface area (Å²) in [4.78, 5) is 20.2. The average molecular weight is 241 g/mol. The van der Waals surface area contributed by atoms with Crippen LogP contribution in [0.3, 0.4) is 0 Å². The summed E-state index contributed by atoms with van der Waals surface area (Å²) < 4.78 is 0. The van der Waals surface area contributed by atoms with Gasteiger partial charge in [-0.1, -0.05) is 12.1 Å². The zero-order valence-electron chi connectivity index (χ0n) is 10.4. The predicted octanol–water partition coefficient (Wildman–Crippen LogP) is 2.22. The monoisotopic (exact) mass is 241 g/mol. The van der Waals surface area contributed by atoms with E-state index in [1.165, 1.54) is 18.7 Å². The summed E-state index contributed by atoms with van der Waals surface area (Å²) in [6.45, 7) is 3.77. The Morgan fingerprint density at radius 3 is 2.22 bits per heavy atom. The van der Waals surface area contributed by atoms with Gasteiger partial charge in [0.2, 0.25) is 0 Å². The highest BCUT2D eigenvalue weighted by molar-refractivity contribution is 6.03. The van der Waals surface area contributed by atoms with Crippen LogP contribution in [0.1, 0.15) is 29.8 Å². The maximum atomic E-state index is 12.4. The van der Waals surface area contributed by atoms with Gasteiger partial charge in [0, 0.05) is 18.1 Å². The van der Waals surface area contributed by atoms with E-state index in [0.29, 0.717) is 11.3 Å².